The van der Waals surface area contributed by atoms with Crippen LogP contribution in [0.15, 0.2) is 42.5 Å². The van der Waals surface area contributed by atoms with Gasteiger partial charge >= 0.3 is 5.97 Å². The van der Waals surface area contributed by atoms with Crippen LogP contribution in [-0.4, -0.2) is 29.5 Å². The number of imide groups is 1. The fourth-order valence-corrected chi connectivity index (χ4v) is 3.04. The minimum Gasteiger partial charge on any atom is -0.493 e. The van der Waals surface area contributed by atoms with Crippen molar-refractivity contribution < 1.29 is 24.0 Å². The molecule has 4 rings (SSSR count). The molecule has 0 aromatic heterocycles. The number of amides is 2. The lowest BCUT2D eigenvalue weighted by molar-refractivity contribution is -0.168. The Balaban J connectivity index is 1.38. The summed E-state index contributed by atoms with van der Waals surface area (Å²) < 4.78 is 5.45. The molecule has 2 heterocycles. The third kappa shape index (κ3) is 2.76. The molecule has 0 bridgehead atoms. The summed E-state index contributed by atoms with van der Waals surface area (Å²) in [5, 5.41) is 0.545. The number of aryl methyl sites for hydroxylation is 1. The largest absolute Gasteiger partial charge is 0.493 e. The lowest BCUT2D eigenvalue weighted by atomic mass is 10.1. The highest BCUT2D eigenvalue weighted by atomic mass is 16.7. The molecule has 0 aliphatic carbocycles. The van der Waals surface area contributed by atoms with E-state index in [0.29, 0.717) is 18.1 Å². The van der Waals surface area contributed by atoms with Gasteiger partial charge in [-0.15, -0.1) is 0 Å². The number of benzene rings is 2. The van der Waals surface area contributed by atoms with Crippen molar-refractivity contribution in [2.24, 2.45) is 0 Å². The van der Waals surface area contributed by atoms with Crippen LogP contribution in [0.4, 0.5) is 0 Å². The normalized spacial score (nSPS) is 15.0. The van der Waals surface area contributed by atoms with E-state index < -0.39 is 17.8 Å². The van der Waals surface area contributed by atoms with Crippen LogP contribution >= 0.6 is 0 Å². The molecule has 2 aliphatic rings. The average molecular weight is 337 g/mol. The molecule has 2 aromatic rings. The second-order valence-corrected chi connectivity index (χ2v) is 5.95. The van der Waals surface area contributed by atoms with Crippen molar-refractivity contribution in [1.82, 2.24) is 5.06 Å². The lowest BCUT2D eigenvalue weighted by Crippen LogP contribution is -2.32. The first-order chi connectivity index (χ1) is 12.1. The van der Waals surface area contributed by atoms with E-state index in [2.05, 4.69) is 0 Å². The third-order valence-corrected chi connectivity index (χ3v) is 4.32. The Labute approximate surface area is 143 Å². The third-order valence-electron chi connectivity index (χ3n) is 4.32. The standard InChI is InChI=1S/C19H15NO5/c21-17(8-6-12-5-7-16-13(11-12)9-10-24-16)25-20-18(22)14-3-1-2-4-15(14)19(20)23/h1-5,7,11H,6,8-10H2. The van der Waals surface area contributed by atoms with Crippen LogP contribution < -0.4 is 4.74 Å². The SMILES string of the molecule is O=C(CCc1ccc2c(c1)CCO2)ON1C(=O)c2ccccc2C1=O. The molecule has 126 valence electrons. The predicted molar refractivity (Wildman–Crippen MR) is 87.0 cm³/mol. The van der Waals surface area contributed by atoms with Gasteiger partial charge in [-0.2, -0.15) is 0 Å². The van der Waals surface area contributed by atoms with Crippen LogP contribution in [0.25, 0.3) is 0 Å². The Morgan fingerprint density at radius 2 is 1.80 bits per heavy atom. The zero-order valence-corrected chi connectivity index (χ0v) is 13.4. The summed E-state index contributed by atoms with van der Waals surface area (Å²) in [6.45, 7) is 0.681. The number of nitrogens with zero attached hydrogens (tertiary/aromatic N) is 1. The second-order valence-electron chi connectivity index (χ2n) is 5.95. The van der Waals surface area contributed by atoms with E-state index in [1.165, 1.54) is 12.1 Å². The van der Waals surface area contributed by atoms with Gasteiger partial charge in [0.2, 0.25) is 0 Å². The molecule has 6 heteroatoms. The summed E-state index contributed by atoms with van der Waals surface area (Å²) in [6, 6.07) is 12.2. The molecule has 0 radical (unpaired) electrons. The van der Waals surface area contributed by atoms with Gasteiger partial charge in [0.05, 0.1) is 24.2 Å². The highest BCUT2D eigenvalue weighted by Gasteiger charge is 2.38. The second kappa shape index (κ2) is 6.05. The fraction of sp³-hybridized carbons (Fsp3) is 0.211. The molecule has 25 heavy (non-hydrogen) atoms. The van der Waals surface area contributed by atoms with Gasteiger partial charge in [-0.05, 0) is 35.7 Å². The van der Waals surface area contributed by atoms with Crippen molar-refractivity contribution in [2.45, 2.75) is 19.3 Å². The van der Waals surface area contributed by atoms with Crippen LogP contribution in [0.2, 0.25) is 0 Å². The molecule has 0 fully saturated rings. The number of ether oxygens (including phenoxy) is 1. The van der Waals surface area contributed by atoms with Gasteiger partial charge in [0.15, 0.2) is 0 Å². The Kier molecular flexibility index (Phi) is 3.72. The molecule has 0 saturated carbocycles. The minimum absolute atomic E-state index is 0.0764. The first-order valence-electron chi connectivity index (χ1n) is 8.07. The van der Waals surface area contributed by atoms with E-state index in [9.17, 15) is 14.4 Å². The van der Waals surface area contributed by atoms with Crippen molar-refractivity contribution in [3.05, 3.63) is 64.7 Å². The number of rotatable bonds is 4. The molecule has 0 N–H and O–H groups in total. The maximum atomic E-state index is 12.2. The van der Waals surface area contributed by atoms with Gasteiger partial charge in [0.25, 0.3) is 11.8 Å². The van der Waals surface area contributed by atoms with E-state index in [-0.39, 0.29) is 17.5 Å². The van der Waals surface area contributed by atoms with E-state index in [1.807, 2.05) is 18.2 Å². The topological polar surface area (TPSA) is 72.9 Å². The summed E-state index contributed by atoms with van der Waals surface area (Å²) >= 11 is 0. The maximum Gasteiger partial charge on any atom is 0.333 e. The zero-order valence-electron chi connectivity index (χ0n) is 13.4. The van der Waals surface area contributed by atoms with Crippen molar-refractivity contribution in [3.8, 4) is 5.75 Å². The molecule has 2 aromatic carbocycles. The smallest absolute Gasteiger partial charge is 0.333 e. The molecular formula is C19H15NO5. The van der Waals surface area contributed by atoms with Crippen LogP contribution in [-0.2, 0) is 22.5 Å². The highest BCUT2D eigenvalue weighted by molar-refractivity contribution is 6.20. The summed E-state index contributed by atoms with van der Waals surface area (Å²) in [6.07, 6.45) is 1.41. The highest BCUT2D eigenvalue weighted by Crippen LogP contribution is 2.26. The van der Waals surface area contributed by atoms with Crippen molar-refractivity contribution >= 4 is 17.8 Å². The van der Waals surface area contributed by atoms with Crippen molar-refractivity contribution in [3.63, 3.8) is 0 Å². The summed E-state index contributed by atoms with van der Waals surface area (Å²) in [5.41, 5.74) is 2.62. The molecule has 6 nitrogen and oxygen atoms in total. The number of hydrogen-bond donors (Lipinski definition) is 0. The van der Waals surface area contributed by atoms with Crippen LogP contribution in [0.3, 0.4) is 0 Å². The van der Waals surface area contributed by atoms with Gasteiger partial charge in [-0.25, -0.2) is 4.79 Å². The minimum atomic E-state index is -0.619. The summed E-state index contributed by atoms with van der Waals surface area (Å²) in [4.78, 5) is 41.4. The summed E-state index contributed by atoms with van der Waals surface area (Å²) in [7, 11) is 0. The Bertz CT molecular complexity index is 854. The summed E-state index contributed by atoms with van der Waals surface area (Å²) in [5.74, 6) is -0.948. The van der Waals surface area contributed by atoms with Crippen molar-refractivity contribution in [1.29, 1.82) is 0 Å². The predicted octanol–water partition coefficient (Wildman–Crippen LogP) is 2.31. The number of hydroxylamine groups is 2. The van der Waals surface area contributed by atoms with E-state index in [0.717, 1.165) is 23.3 Å². The zero-order chi connectivity index (χ0) is 17.4. The Hall–Kier alpha value is -3.15. The molecule has 0 saturated heterocycles. The number of carbonyl (C=O) groups is 3. The average Bonchev–Trinajstić information content (AvgIpc) is 3.19. The van der Waals surface area contributed by atoms with Gasteiger partial charge in [0, 0.05) is 6.42 Å². The van der Waals surface area contributed by atoms with Gasteiger partial charge < -0.3 is 9.57 Å². The monoisotopic (exact) mass is 337 g/mol. The molecular weight excluding hydrogens is 322 g/mol. The van der Waals surface area contributed by atoms with E-state index in [4.69, 9.17) is 9.57 Å². The lowest BCUT2D eigenvalue weighted by Gasteiger charge is -2.12. The quantitative estimate of drug-likeness (QED) is 0.801. The van der Waals surface area contributed by atoms with Crippen LogP contribution in [0.5, 0.6) is 5.75 Å². The first-order valence-corrected chi connectivity index (χ1v) is 8.07. The maximum absolute atomic E-state index is 12.2. The van der Waals surface area contributed by atoms with Gasteiger partial charge in [-0.3, -0.25) is 9.59 Å². The Morgan fingerprint density at radius 1 is 1.08 bits per heavy atom. The molecule has 2 aliphatic heterocycles. The van der Waals surface area contributed by atoms with Crippen LogP contribution in [0, 0.1) is 0 Å². The van der Waals surface area contributed by atoms with Crippen LogP contribution in [0.1, 0.15) is 38.3 Å². The number of hydrogen-bond acceptors (Lipinski definition) is 5. The fourth-order valence-electron chi connectivity index (χ4n) is 3.04. The van der Waals surface area contributed by atoms with E-state index in [1.54, 1.807) is 12.1 Å². The number of fused-ring (bicyclic) bond motifs is 2. The molecule has 0 spiro atoms. The first kappa shape index (κ1) is 15.4. The molecule has 2 amide bonds. The number of carbonyl (C=O) groups excluding carboxylic acids is 3. The molecule has 0 atom stereocenters. The molecule has 0 unspecified atom stereocenters. The van der Waals surface area contributed by atoms with Crippen molar-refractivity contribution in [2.75, 3.05) is 6.61 Å². The Morgan fingerprint density at radius 3 is 2.52 bits per heavy atom. The van der Waals surface area contributed by atoms with Gasteiger partial charge in [0.1, 0.15) is 5.75 Å². The van der Waals surface area contributed by atoms with E-state index >= 15 is 0 Å². The van der Waals surface area contributed by atoms with Gasteiger partial charge in [-0.1, -0.05) is 29.3 Å².